The molecule has 1 heterocycles. The predicted octanol–water partition coefficient (Wildman–Crippen LogP) is 4.92. The molecule has 0 amide bonds. The Kier molecular flexibility index (Phi) is 4.95. The number of nitrogens with one attached hydrogen (secondary N) is 1. The molecule has 18 heavy (non-hydrogen) atoms. The quantitative estimate of drug-likeness (QED) is 0.778. The van der Waals surface area contributed by atoms with E-state index in [1.165, 1.54) is 10.9 Å². The first kappa shape index (κ1) is 14.2. The van der Waals surface area contributed by atoms with Gasteiger partial charge in [0.25, 0.3) is 0 Å². The van der Waals surface area contributed by atoms with Gasteiger partial charge in [0.15, 0.2) is 0 Å². The van der Waals surface area contributed by atoms with E-state index in [0.29, 0.717) is 5.56 Å². The number of hydrogen-bond acceptors (Lipinski definition) is 2. The van der Waals surface area contributed by atoms with Crippen LogP contribution in [0, 0.1) is 5.82 Å². The van der Waals surface area contributed by atoms with E-state index in [1.807, 2.05) is 25.2 Å². The van der Waals surface area contributed by atoms with Crippen molar-refractivity contribution in [1.29, 1.82) is 0 Å². The van der Waals surface area contributed by atoms with E-state index >= 15 is 0 Å². The zero-order chi connectivity index (χ0) is 13.1. The number of benzene rings is 1. The first-order valence-corrected chi connectivity index (χ1v) is 7.87. The van der Waals surface area contributed by atoms with E-state index in [0.717, 1.165) is 14.7 Å². The molecule has 0 saturated carbocycles. The molecule has 0 fully saturated rings. The maximum atomic E-state index is 13.9. The van der Waals surface area contributed by atoms with E-state index in [9.17, 15) is 4.39 Å². The molecule has 0 aliphatic carbocycles. The van der Waals surface area contributed by atoms with Crippen LogP contribution in [0.4, 0.5) is 4.39 Å². The Balaban J connectivity index is 2.22. The maximum Gasteiger partial charge on any atom is 0.129 e. The summed E-state index contributed by atoms with van der Waals surface area (Å²) in [6.45, 7) is 0. The first-order chi connectivity index (χ1) is 8.60. The van der Waals surface area contributed by atoms with Crippen LogP contribution in [0.15, 0.2) is 38.6 Å². The van der Waals surface area contributed by atoms with E-state index in [1.54, 1.807) is 11.3 Å². The third-order valence-electron chi connectivity index (χ3n) is 2.72. The minimum Gasteiger partial charge on any atom is -0.313 e. The molecule has 0 saturated heterocycles. The van der Waals surface area contributed by atoms with Crippen molar-refractivity contribution in [1.82, 2.24) is 5.32 Å². The normalized spacial score (nSPS) is 12.7. The lowest BCUT2D eigenvalue weighted by Crippen LogP contribution is -2.19. The maximum absolute atomic E-state index is 13.9. The summed E-state index contributed by atoms with van der Waals surface area (Å²) in [5.41, 5.74) is 0.699. The lowest BCUT2D eigenvalue weighted by molar-refractivity contribution is 0.536. The molecule has 0 radical (unpaired) electrons. The standard InChI is InChI=1S/C13H12Br2FNS/c1-17-12(7-9-3-5-13(15)18-9)10-4-2-8(14)6-11(10)16/h2-6,12,17H,7H2,1H3. The molecule has 0 aliphatic heterocycles. The van der Waals surface area contributed by atoms with Gasteiger partial charge in [-0.25, -0.2) is 4.39 Å². The van der Waals surface area contributed by atoms with Crippen LogP contribution in [0.5, 0.6) is 0 Å². The zero-order valence-corrected chi connectivity index (χ0v) is 13.7. The van der Waals surface area contributed by atoms with Crippen molar-refractivity contribution < 1.29 is 4.39 Å². The van der Waals surface area contributed by atoms with Crippen LogP contribution >= 0.6 is 43.2 Å². The summed E-state index contributed by atoms with van der Waals surface area (Å²) in [5.74, 6) is -0.181. The highest BCUT2D eigenvalue weighted by Gasteiger charge is 2.15. The monoisotopic (exact) mass is 391 g/mol. The molecule has 0 spiro atoms. The third-order valence-corrected chi connectivity index (χ3v) is 4.86. The Bertz CT molecular complexity index is 542. The Morgan fingerprint density at radius 3 is 2.61 bits per heavy atom. The fourth-order valence-corrected chi connectivity index (χ4v) is 3.68. The van der Waals surface area contributed by atoms with E-state index in [4.69, 9.17) is 0 Å². The molecule has 1 unspecified atom stereocenters. The molecule has 1 aromatic carbocycles. The van der Waals surface area contributed by atoms with Gasteiger partial charge in [-0.2, -0.15) is 0 Å². The molecular weight excluding hydrogens is 381 g/mol. The second kappa shape index (κ2) is 6.28. The molecular formula is C13H12Br2FNS. The van der Waals surface area contributed by atoms with Crippen molar-refractivity contribution in [2.45, 2.75) is 12.5 Å². The molecule has 1 aromatic heterocycles. The molecule has 2 aromatic rings. The fourth-order valence-electron chi connectivity index (χ4n) is 1.81. The summed E-state index contributed by atoms with van der Waals surface area (Å²) in [6, 6.07) is 9.27. The average Bonchev–Trinajstić information content (AvgIpc) is 2.72. The minimum absolute atomic E-state index is 0.0105. The van der Waals surface area contributed by atoms with Crippen LogP contribution in [0.2, 0.25) is 0 Å². The van der Waals surface area contributed by atoms with Crippen LogP contribution in [0.1, 0.15) is 16.5 Å². The van der Waals surface area contributed by atoms with Crippen molar-refractivity contribution in [2.75, 3.05) is 7.05 Å². The van der Waals surface area contributed by atoms with Crippen molar-refractivity contribution in [3.63, 3.8) is 0 Å². The number of halogens is 3. The summed E-state index contributed by atoms with van der Waals surface area (Å²) in [4.78, 5) is 1.23. The molecule has 96 valence electrons. The van der Waals surface area contributed by atoms with Gasteiger partial charge >= 0.3 is 0 Å². The third kappa shape index (κ3) is 3.41. The van der Waals surface area contributed by atoms with Crippen LogP contribution in [0.25, 0.3) is 0 Å². The second-order valence-corrected chi connectivity index (χ2v) is 7.38. The van der Waals surface area contributed by atoms with Gasteiger partial charge in [-0.05, 0) is 47.2 Å². The topological polar surface area (TPSA) is 12.0 Å². The first-order valence-electron chi connectivity index (χ1n) is 5.46. The van der Waals surface area contributed by atoms with Crippen LogP contribution in [-0.4, -0.2) is 7.05 Å². The molecule has 0 aliphatic rings. The van der Waals surface area contributed by atoms with Gasteiger partial charge in [0.05, 0.1) is 3.79 Å². The largest absolute Gasteiger partial charge is 0.313 e. The number of rotatable bonds is 4. The Morgan fingerprint density at radius 2 is 2.06 bits per heavy atom. The molecule has 1 atom stereocenters. The van der Waals surface area contributed by atoms with Crippen molar-refractivity contribution in [3.05, 3.63) is 54.8 Å². The van der Waals surface area contributed by atoms with Crippen LogP contribution < -0.4 is 5.32 Å². The van der Waals surface area contributed by atoms with Crippen LogP contribution in [0.3, 0.4) is 0 Å². The number of hydrogen-bond donors (Lipinski definition) is 1. The van der Waals surface area contributed by atoms with Crippen LogP contribution in [-0.2, 0) is 6.42 Å². The Hall–Kier alpha value is -0.230. The summed E-state index contributed by atoms with van der Waals surface area (Å²) in [5, 5.41) is 3.17. The molecule has 1 N–H and O–H groups in total. The summed E-state index contributed by atoms with van der Waals surface area (Å²) in [7, 11) is 1.86. The van der Waals surface area contributed by atoms with E-state index < -0.39 is 0 Å². The highest BCUT2D eigenvalue weighted by Crippen LogP contribution is 2.28. The van der Waals surface area contributed by atoms with Gasteiger partial charge in [0, 0.05) is 27.4 Å². The summed E-state index contributed by atoms with van der Waals surface area (Å²) >= 11 is 8.40. The van der Waals surface area contributed by atoms with Gasteiger partial charge in [-0.15, -0.1) is 11.3 Å². The minimum atomic E-state index is -0.181. The van der Waals surface area contributed by atoms with Gasteiger partial charge in [-0.3, -0.25) is 0 Å². The summed E-state index contributed by atoms with van der Waals surface area (Å²) < 4.78 is 15.8. The lowest BCUT2D eigenvalue weighted by atomic mass is 10.0. The van der Waals surface area contributed by atoms with Crippen molar-refractivity contribution in [3.8, 4) is 0 Å². The van der Waals surface area contributed by atoms with Gasteiger partial charge in [-0.1, -0.05) is 22.0 Å². The van der Waals surface area contributed by atoms with Crippen molar-refractivity contribution >= 4 is 43.2 Å². The second-order valence-electron chi connectivity index (χ2n) is 3.92. The van der Waals surface area contributed by atoms with E-state index in [2.05, 4.69) is 43.2 Å². The van der Waals surface area contributed by atoms with Gasteiger partial charge < -0.3 is 5.32 Å². The summed E-state index contributed by atoms with van der Waals surface area (Å²) in [6.07, 6.45) is 0.783. The number of thiophene rings is 1. The smallest absolute Gasteiger partial charge is 0.129 e. The predicted molar refractivity (Wildman–Crippen MR) is 81.6 cm³/mol. The molecule has 1 nitrogen and oxygen atoms in total. The fraction of sp³-hybridized carbons (Fsp3) is 0.231. The Labute approximate surface area is 127 Å². The molecule has 2 rings (SSSR count). The SMILES string of the molecule is CNC(Cc1ccc(Br)s1)c1ccc(Br)cc1F. The Morgan fingerprint density at radius 1 is 1.28 bits per heavy atom. The highest BCUT2D eigenvalue weighted by molar-refractivity contribution is 9.11. The lowest BCUT2D eigenvalue weighted by Gasteiger charge is -2.16. The highest BCUT2D eigenvalue weighted by atomic mass is 79.9. The van der Waals surface area contributed by atoms with Gasteiger partial charge in [0.2, 0.25) is 0 Å². The number of likely N-dealkylation sites (N-methyl/N-ethyl adjacent to an activating group) is 1. The average molecular weight is 393 g/mol. The van der Waals surface area contributed by atoms with Crippen molar-refractivity contribution in [2.24, 2.45) is 0 Å². The molecule has 0 bridgehead atoms. The zero-order valence-electron chi connectivity index (χ0n) is 9.71. The van der Waals surface area contributed by atoms with Gasteiger partial charge in [0.1, 0.15) is 5.82 Å². The molecule has 5 heteroatoms. The van der Waals surface area contributed by atoms with E-state index in [-0.39, 0.29) is 11.9 Å².